The van der Waals surface area contributed by atoms with Gasteiger partial charge in [-0.1, -0.05) is 6.92 Å². The molecule has 2 aromatic rings. The standard InChI is InChI=1S/C21H21F4N5O3/c1-2-17(31)30-10-16(21(24,25)11-30)28-20(32)18-19(27-6-5-26-18)29-8-13(9-29)33-12-3-4-14(22)15(23)7-12/h3-7,13,16H,2,8-11H2,1H3,(H,28,32). The number of likely N-dealkylation sites (tertiary alicyclic amines) is 1. The molecule has 2 fully saturated rings. The van der Waals surface area contributed by atoms with Crippen molar-refractivity contribution in [2.24, 2.45) is 0 Å². The van der Waals surface area contributed by atoms with Crippen molar-refractivity contribution in [3.05, 3.63) is 47.9 Å². The van der Waals surface area contributed by atoms with Gasteiger partial charge in [-0.15, -0.1) is 0 Å². The van der Waals surface area contributed by atoms with Gasteiger partial charge < -0.3 is 19.9 Å². The van der Waals surface area contributed by atoms with E-state index in [2.05, 4.69) is 15.3 Å². The van der Waals surface area contributed by atoms with Gasteiger partial charge in [0.25, 0.3) is 11.8 Å². The van der Waals surface area contributed by atoms with Crippen molar-refractivity contribution in [3.63, 3.8) is 0 Å². The Labute approximate surface area is 186 Å². The first-order valence-corrected chi connectivity index (χ1v) is 10.3. The summed E-state index contributed by atoms with van der Waals surface area (Å²) in [6.07, 6.45) is 2.35. The maximum absolute atomic E-state index is 14.4. The van der Waals surface area contributed by atoms with E-state index in [0.717, 1.165) is 17.0 Å². The topological polar surface area (TPSA) is 87.7 Å². The Kier molecular flexibility index (Phi) is 6.09. The highest BCUT2D eigenvalue weighted by molar-refractivity contribution is 5.97. The van der Waals surface area contributed by atoms with Gasteiger partial charge in [0.15, 0.2) is 23.1 Å². The minimum atomic E-state index is -3.27. The van der Waals surface area contributed by atoms with Crippen LogP contribution in [0.4, 0.5) is 23.4 Å². The highest BCUT2D eigenvalue weighted by atomic mass is 19.3. The van der Waals surface area contributed by atoms with Crippen molar-refractivity contribution in [2.45, 2.75) is 31.4 Å². The Bertz CT molecular complexity index is 1060. The fourth-order valence-electron chi connectivity index (χ4n) is 3.73. The normalized spacial score (nSPS) is 19.8. The summed E-state index contributed by atoms with van der Waals surface area (Å²) >= 11 is 0. The minimum Gasteiger partial charge on any atom is -0.487 e. The Balaban J connectivity index is 1.40. The average molecular weight is 467 g/mol. The van der Waals surface area contributed by atoms with Crippen molar-refractivity contribution in [3.8, 4) is 5.75 Å². The van der Waals surface area contributed by atoms with Gasteiger partial charge in [0.05, 0.1) is 19.6 Å². The number of ether oxygens (including phenoxy) is 1. The van der Waals surface area contributed by atoms with Crippen LogP contribution in [0.15, 0.2) is 30.6 Å². The molecule has 3 heterocycles. The number of nitrogens with one attached hydrogen (secondary N) is 1. The third-order valence-corrected chi connectivity index (χ3v) is 5.51. The third-order valence-electron chi connectivity index (χ3n) is 5.51. The summed E-state index contributed by atoms with van der Waals surface area (Å²) in [5.41, 5.74) is -0.139. The molecule has 4 rings (SSSR count). The van der Waals surface area contributed by atoms with Crippen LogP contribution in [0, 0.1) is 11.6 Å². The van der Waals surface area contributed by atoms with E-state index in [-0.39, 0.29) is 49.4 Å². The summed E-state index contributed by atoms with van der Waals surface area (Å²) in [6.45, 7) is 1.07. The molecule has 1 aromatic heterocycles. The van der Waals surface area contributed by atoms with Crippen LogP contribution in [0.25, 0.3) is 0 Å². The van der Waals surface area contributed by atoms with E-state index >= 15 is 0 Å². The molecule has 0 radical (unpaired) electrons. The molecule has 0 bridgehead atoms. The van der Waals surface area contributed by atoms with Crippen LogP contribution in [0.2, 0.25) is 0 Å². The molecule has 33 heavy (non-hydrogen) atoms. The largest absolute Gasteiger partial charge is 0.487 e. The van der Waals surface area contributed by atoms with E-state index in [1.165, 1.54) is 18.5 Å². The number of hydrogen-bond donors (Lipinski definition) is 1. The van der Waals surface area contributed by atoms with Gasteiger partial charge in [0.1, 0.15) is 17.9 Å². The second-order valence-corrected chi connectivity index (χ2v) is 7.86. The van der Waals surface area contributed by atoms with Gasteiger partial charge in [-0.05, 0) is 12.1 Å². The third kappa shape index (κ3) is 4.69. The highest BCUT2D eigenvalue weighted by Gasteiger charge is 2.50. The van der Waals surface area contributed by atoms with Crippen molar-refractivity contribution in [2.75, 3.05) is 31.1 Å². The number of halogens is 4. The summed E-state index contributed by atoms with van der Waals surface area (Å²) in [5.74, 6) is -6.20. The Hall–Kier alpha value is -3.44. The average Bonchev–Trinajstić information content (AvgIpc) is 3.06. The van der Waals surface area contributed by atoms with Gasteiger partial charge in [0.2, 0.25) is 5.91 Å². The molecule has 0 saturated carbocycles. The van der Waals surface area contributed by atoms with Crippen molar-refractivity contribution >= 4 is 17.6 Å². The van der Waals surface area contributed by atoms with E-state index in [1.54, 1.807) is 11.8 Å². The monoisotopic (exact) mass is 467 g/mol. The molecule has 0 spiro atoms. The maximum Gasteiger partial charge on any atom is 0.286 e. The summed E-state index contributed by atoms with van der Waals surface area (Å²) in [4.78, 5) is 35.4. The van der Waals surface area contributed by atoms with Crippen LogP contribution in [-0.2, 0) is 4.79 Å². The molecule has 2 aliphatic heterocycles. The number of rotatable bonds is 6. The first kappa shape index (κ1) is 22.7. The molecule has 1 N–H and O–H groups in total. The number of hydrogen-bond acceptors (Lipinski definition) is 6. The SMILES string of the molecule is CCC(=O)N1CC(NC(=O)c2nccnc2N2CC(Oc3ccc(F)c(F)c3)C2)C(F)(F)C1. The molecule has 2 saturated heterocycles. The molecular formula is C21H21F4N5O3. The molecule has 1 unspecified atom stereocenters. The van der Waals surface area contributed by atoms with Gasteiger partial charge in [-0.3, -0.25) is 9.59 Å². The zero-order valence-electron chi connectivity index (χ0n) is 17.6. The predicted molar refractivity (Wildman–Crippen MR) is 108 cm³/mol. The summed E-state index contributed by atoms with van der Waals surface area (Å²) in [7, 11) is 0. The number of nitrogens with zero attached hydrogens (tertiary/aromatic N) is 4. The van der Waals surface area contributed by atoms with E-state index in [9.17, 15) is 27.2 Å². The van der Waals surface area contributed by atoms with Crippen molar-refractivity contribution in [1.29, 1.82) is 0 Å². The lowest BCUT2D eigenvalue weighted by Crippen LogP contribution is -2.55. The summed E-state index contributed by atoms with van der Waals surface area (Å²) in [5, 5.41) is 2.28. The van der Waals surface area contributed by atoms with E-state index < -0.39 is 42.0 Å². The van der Waals surface area contributed by atoms with Gasteiger partial charge in [-0.25, -0.2) is 27.5 Å². The molecule has 12 heteroatoms. The van der Waals surface area contributed by atoms with E-state index in [4.69, 9.17) is 4.74 Å². The minimum absolute atomic E-state index is 0.0911. The van der Waals surface area contributed by atoms with Crippen molar-refractivity contribution in [1.82, 2.24) is 20.2 Å². The molecule has 2 amide bonds. The molecule has 8 nitrogen and oxygen atoms in total. The zero-order chi connectivity index (χ0) is 23.8. The molecule has 1 aromatic carbocycles. The number of amides is 2. The van der Waals surface area contributed by atoms with Crippen molar-refractivity contribution < 1.29 is 31.9 Å². The summed E-state index contributed by atoms with van der Waals surface area (Å²) in [6, 6.07) is 1.65. The van der Waals surface area contributed by atoms with Crippen LogP contribution in [0.3, 0.4) is 0 Å². The lowest BCUT2D eigenvalue weighted by atomic mass is 10.1. The summed E-state index contributed by atoms with van der Waals surface area (Å²) < 4.78 is 60.7. The van der Waals surface area contributed by atoms with Gasteiger partial charge in [0, 0.05) is 31.4 Å². The number of carbonyl (C=O) groups is 2. The maximum atomic E-state index is 14.4. The van der Waals surface area contributed by atoms with Crippen LogP contribution < -0.4 is 15.0 Å². The van der Waals surface area contributed by atoms with Crippen LogP contribution in [-0.4, -0.2) is 70.9 Å². The molecule has 176 valence electrons. The van der Waals surface area contributed by atoms with E-state index in [1.807, 2.05) is 0 Å². The Morgan fingerprint density at radius 1 is 1.15 bits per heavy atom. The van der Waals surface area contributed by atoms with Gasteiger partial charge >= 0.3 is 0 Å². The number of carbonyl (C=O) groups excluding carboxylic acids is 2. The molecule has 0 aliphatic carbocycles. The number of benzene rings is 1. The van der Waals surface area contributed by atoms with Crippen LogP contribution in [0.1, 0.15) is 23.8 Å². The molecule has 1 atom stereocenters. The van der Waals surface area contributed by atoms with E-state index in [0.29, 0.717) is 0 Å². The Morgan fingerprint density at radius 3 is 2.58 bits per heavy atom. The molecular weight excluding hydrogens is 446 g/mol. The number of anilines is 1. The highest BCUT2D eigenvalue weighted by Crippen LogP contribution is 2.29. The lowest BCUT2D eigenvalue weighted by Gasteiger charge is -2.40. The van der Waals surface area contributed by atoms with Crippen LogP contribution >= 0.6 is 0 Å². The number of aromatic nitrogens is 2. The predicted octanol–water partition coefficient (Wildman–Crippen LogP) is 2.01. The van der Waals surface area contributed by atoms with Gasteiger partial charge in [-0.2, -0.15) is 0 Å². The first-order chi connectivity index (χ1) is 15.7. The first-order valence-electron chi connectivity index (χ1n) is 10.3. The zero-order valence-corrected chi connectivity index (χ0v) is 17.6. The Morgan fingerprint density at radius 2 is 1.88 bits per heavy atom. The molecule has 2 aliphatic rings. The number of alkyl halides is 2. The quantitative estimate of drug-likeness (QED) is 0.655. The fraction of sp³-hybridized carbons (Fsp3) is 0.429. The second kappa shape index (κ2) is 8.83. The second-order valence-electron chi connectivity index (χ2n) is 7.86. The fourth-order valence-corrected chi connectivity index (χ4v) is 3.73. The van der Waals surface area contributed by atoms with Crippen LogP contribution in [0.5, 0.6) is 5.75 Å². The smallest absolute Gasteiger partial charge is 0.286 e. The lowest BCUT2D eigenvalue weighted by molar-refractivity contribution is -0.131.